The smallest absolute Gasteiger partial charge is 0.0891 e. The molecular weight excluding hydrogens is 156 g/mol. The molecule has 0 spiro atoms. The molecule has 2 heterocycles. The number of hydrogen-bond acceptors (Lipinski definition) is 3. The van der Waals surface area contributed by atoms with Crippen LogP contribution >= 0.6 is 0 Å². The van der Waals surface area contributed by atoms with E-state index in [1.807, 2.05) is 0 Å². The Labute approximate surface area is 71.7 Å². The fraction of sp³-hybridized carbons (Fsp3) is 1.00. The molecule has 3 nitrogen and oxygen atoms in total. The number of aliphatic hydroxyl groups is 1. The van der Waals surface area contributed by atoms with Crippen LogP contribution in [-0.2, 0) is 9.47 Å². The molecule has 0 aromatic rings. The average Bonchev–Trinajstić information content (AvgIpc) is 2.59. The van der Waals surface area contributed by atoms with Crippen LogP contribution in [0.5, 0.6) is 0 Å². The highest BCUT2D eigenvalue weighted by Crippen LogP contribution is 2.44. The molecule has 0 aromatic heterocycles. The molecule has 1 saturated carbocycles. The van der Waals surface area contributed by atoms with Crippen molar-refractivity contribution < 1.29 is 14.6 Å². The lowest BCUT2D eigenvalue weighted by Crippen LogP contribution is -2.23. The molecule has 0 aromatic carbocycles. The van der Waals surface area contributed by atoms with Gasteiger partial charge in [-0.05, 0) is 19.3 Å². The fourth-order valence-electron chi connectivity index (χ4n) is 2.87. The molecule has 2 saturated heterocycles. The van der Waals surface area contributed by atoms with Crippen molar-refractivity contribution in [1.29, 1.82) is 0 Å². The molecule has 1 N–H and O–H groups in total. The molecule has 3 heteroatoms. The molecule has 0 radical (unpaired) electrons. The summed E-state index contributed by atoms with van der Waals surface area (Å²) in [6.07, 6.45) is 3.53. The third-order valence-electron chi connectivity index (χ3n) is 3.38. The van der Waals surface area contributed by atoms with E-state index in [9.17, 15) is 5.11 Å². The van der Waals surface area contributed by atoms with E-state index in [0.29, 0.717) is 18.1 Å². The summed E-state index contributed by atoms with van der Waals surface area (Å²) in [7, 11) is 0. The molecule has 5 atom stereocenters. The minimum Gasteiger partial charge on any atom is -0.393 e. The number of rotatable bonds is 0. The highest BCUT2D eigenvalue weighted by Gasteiger charge is 2.51. The van der Waals surface area contributed by atoms with Gasteiger partial charge in [-0.1, -0.05) is 0 Å². The van der Waals surface area contributed by atoms with Gasteiger partial charge in [-0.2, -0.15) is 0 Å². The summed E-state index contributed by atoms with van der Waals surface area (Å²) in [6.45, 7) is 0.842. The van der Waals surface area contributed by atoms with Gasteiger partial charge >= 0.3 is 0 Å². The van der Waals surface area contributed by atoms with Crippen LogP contribution in [-0.4, -0.2) is 36.1 Å². The Hall–Kier alpha value is -0.120. The van der Waals surface area contributed by atoms with E-state index in [2.05, 4.69) is 0 Å². The van der Waals surface area contributed by atoms with Crippen molar-refractivity contribution >= 4 is 0 Å². The van der Waals surface area contributed by atoms with Gasteiger partial charge in [0.05, 0.1) is 24.4 Å². The second kappa shape index (κ2) is 2.44. The van der Waals surface area contributed by atoms with Crippen molar-refractivity contribution in [3.8, 4) is 0 Å². The Kier molecular flexibility index (Phi) is 1.48. The first-order chi connectivity index (χ1) is 5.84. The van der Waals surface area contributed by atoms with E-state index in [4.69, 9.17) is 9.47 Å². The monoisotopic (exact) mass is 170 g/mol. The lowest BCUT2D eigenvalue weighted by molar-refractivity contribution is 0.0213. The minimum absolute atomic E-state index is 0.148. The van der Waals surface area contributed by atoms with Crippen molar-refractivity contribution in [2.45, 2.75) is 43.7 Å². The van der Waals surface area contributed by atoms with E-state index < -0.39 is 0 Å². The zero-order valence-electron chi connectivity index (χ0n) is 6.98. The summed E-state index contributed by atoms with van der Waals surface area (Å²) in [5, 5.41) is 9.42. The summed E-state index contributed by atoms with van der Waals surface area (Å²) in [4.78, 5) is 0. The molecule has 68 valence electrons. The average molecular weight is 170 g/mol. The van der Waals surface area contributed by atoms with Crippen LogP contribution in [0.1, 0.15) is 19.3 Å². The molecule has 2 aliphatic heterocycles. The number of ether oxygens (including phenoxy) is 2. The van der Waals surface area contributed by atoms with Crippen molar-refractivity contribution in [2.24, 2.45) is 5.92 Å². The molecule has 3 rings (SSSR count). The second-order valence-corrected chi connectivity index (χ2v) is 4.13. The van der Waals surface area contributed by atoms with Crippen LogP contribution in [0.2, 0.25) is 0 Å². The van der Waals surface area contributed by atoms with Crippen LogP contribution in [0.4, 0.5) is 0 Å². The maximum atomic E-state index is 9.42. The predicted octanol–water partition coefficient (Wildman–Crippen LogP) is 0.314. The summed E-state index contributed by atoms with van der Waals surface area (Å²) < 4.78 is 11.4. The quantitative estimate of drug-likeness (QED) is 0.568. The van der Waals surface area contributed by atoms with Crippen molar-refractivity contribution in [2.75, 3.05) is 6.61 Å². The van der Waals surface area contributed by atoms with Gasteiger partial charge in [-0.25, -0.2) is 0 Å². The summed E-state index contributed by atoms with van der Waals surface area (Å²) in [6, 6.07) is 0. The Bertz CT molecular complexity index is 194. The summed E-state index contributed by atoms with van der Waals surface area (Å²) in [5.74, 6) is 0.479. The topological polar surface area (TPSA) is 38.7 Å². The summed E-state index contributed by atoms with van der Waals surface area (Å²) in [5.41, 5.74) is 0. The summed E-state index contributed by atoms with van der Waals surface area (Å²) >= 11 is 0. The number of fused-ring (bicyclic) bond motifs is 3. The molecule has 3 aliphatic rings. The van der Waals surface area contributed by atoms with Crippen LogP contribution in [0.15, 0.2) is 0 Å². The zero-order chi connectivity index (χ0) is 8.13. The second-order valence-electron chi connectivity index (χ2n) is 4.13. The molecule has 3 fully saturated rings. The highest BCUT2D eigenvalue weighted by molar-refractivity contribution is 4.99. The third-order valence-corrected chi connectivity index (χ3v) is 3.38. The SMILES string of the molecule is O[C@@H]1C[C@@H]2[C@H]3OCC[C@H]3O[C@@H]2C1. The number of hydrogen-bond donors (Lipinski definition) is 1. The number of aliphatic hydroxyl groups excluding tert-OH is 1. The Balaban J connectivity index is 1.80. The maximum Gasteiger partial charge on any atom is 0.0891 e. The normalized spacial score (nSPS) is 57.2. The van der Waals surface area contributed by atoms with Gasteiger partial charge in [0, 0.05) is 12.5 Å². The van der Waals surface area contributed by atoms with Gasteiger partial charge in [0.1, 0.15) is 0 Å². The van der Waals surface area contributed by atoms with Gasteiger partial charge < -0.3 is 14.6 Å². The van der Waals surface area contributed by atoms with Crippen LogP contribution < -0.4 is 0 Å². The van der Waals surface area contributed by atoms with Gasteiger partial charge in [0.15, 0.2) is 0 Å². The molecule has 0 amide bonds. The van der Waals surface area contributed by atoms with Crippen molar-refractivity contribution in [3.05, 3.63) is 0 Å². The third kappa shape index (κ3) is 0.873. The van der Waals surface area contributed by atoms with Gasteiger partial charge in [-0.15, -0.1) is 0 Å². The predicted molar refractivity (Wildman–Crippen MR) is 41.7 cm³/mol. The van der Waals surface area contributed by atoms with Gasteiger partial charge in [0.2, 0.25) is 0 Å². The first kappa shape index (κ1) is 7.30. The Morgan fingerprint density at radius 2 is 2.08 bits per heavy atom. The first-order valence-corrected chi connectivity index (χ1v) is 4.80. The maximum absolute atomic E-state index is 9.42. The molecule has 12 heavy (non-hydrogen) atoms. The van der Waals surface area contributed by atoms with Gasteiger partial charge in [0.25, 0.3) is 0 Å². The molecule has 0 unspecified atom stereocenters. The Morgan fingerprint density at radius 1 is 1.17 bits per heavy atom. The molecule has 0 bridgehead atoms. The minimum atomic E-state index is -0.148. The molecular formula is C9H14O3. The lowest BCUT2D eigenvalue weighted by Gasteiger charge is -2.13. The van der Waals surface area contributed by atoms with E-state index in [1.165, 1.54) is 0 Å². The largest absolute Gasteiger partial charge is 0.393 e. The fourth-order valence-corrected chi connectivity index (χ4v) is 2.87. The van der Waals surface area contributed by atoms with Crippen molar-refractivity contribution in [3.63, 3.8) is 0 Å². The van der Waals surface area contributed by atoms with Gasteiger partial charge in [-0.3, -0.25) is 0 Å². The van der Waals surface area contributed by atoms with E-state index in [-0.39, 0.29) is 12.2 Å². The van der Waals surface area contributed by atoms with Crippen molar-refractivity contribution in [1.82, 2.24) is 0 Å². The highest BCUT2D eigenvalue weighted by atomic mass is 16.6. The van der Waals surface area contributed by atoms with Crippen LogP contribution in [0.3, 0.4) is 0 Å². The van der Waals surface area contributed by atoms with Crippen LogP contribution in [0, 0.1) is 5.92 Å². The standard InChI is InChI=1S/C9H14O3/c10-5-3-6-8(4-5)12-7-1-2-11-9(6)7/h5-10H,1-4H2/t5-,6+,7-,8-,9-/m1/s1. The van der Waals surface area contributed by atoms with E-state index in [0.717, 1.165) is 25.9 Å². The van der Waals surface area contributed by atoms with E-state index in [1.54, 1.807) is 0 Å². The zero-order valence-corrected chi connectivity index (χ0v) is 6.98. The lowest BCUT2D eigenvalue weighted by atomic mass is 9.98. The Morgan fingerprint density at radius 3 is 3.00 bits per heavy atom. The molecule has 1 aliphatic carbocycles. The van der Waals surface area contributed by atoms with Crippen LogP contribution in [0.25, 0.3) is 0 Å². The first-order valence-electron chi connectivity index (χ1n) is 4.80. The van der Waals surface area contributed by atoms with E-state index >= 15 is 0 Å².